The lowest BCUT2D eigenvalue weighted by atomic mass is 10.2. The van der Waals surface area contributed by atoms with Crippen molar-refractivity contribution in [2.24, 2.45) is 0 Å². The minimum atomic E-state index is -0.538. The molecule has 4 aromatic rings. The van der Waals surface area contributed by atoms with Crippen LogP contribution in [0, 0.1) is 18.3 Å². The molecule has 0 radical (unpaired) electrons. The Morgan fingerprint density at radius 1 is 1.09 bits per heavy atom. The number of anilines is 1. The third kappa shape index (κ3) is 4.27. The molecule has 0 bridgehead atoms. The van der Waals surface area contributed by atoms with Crippen LogP contribution in [0.4, 0.5) is 5.69 Å². The first-order chi connectivity index (χ1) is 15.5. The molecule has 1 amide bonds. The molecule has 6 nitrogen and oxygen atoms in total. The molecule has 1 aromatic heterocycles. The Balaban J connectivity index is 1.72. The van der Waals surface area contributed by atoms with E-state index in [-0.39, 0.29) is 11.5 Å². The number of amides is 1. The number of para-hydroxylation sites is 2. The van der Waals surface area contributed by atoms with Crippen molar-refractivity contribution in [3.8, 4) is 11.8 Å². The number of rotatable bonds is 5. The third-order valence-corrected chi connectivity index (χ3v) is 6.06. The zero-order valence-electron chi connectivity index (χ0n) is 17.6. The maximum atomic E-state index is 13.4. The lowest BCUT2D eigenvalue weighted by Gasteiger charge is -2.17. The normalized spacial score (nSPS) is 11.7. The predicted molar refractivity (Wildman–Crippen MR) is 127 cm³/mol. The number of benzene rings is 3. The van der Waals surface area contributed by atoms with E-state index in [4.69, 9.17) is 10.2 Å². The maximum absolute atomic E-state index is 13.4. The van der Waals surface area contributed by atoms with E-state index in [1.165, 1.54) is 11.8 Å². The molecule has 0 saturated heterocycles. The number of fused-ring (bicyclic) bond motifs is 1. The topological polar surface area (TPSA) is 87.8 Å². The Hall–Kier alpha value is -3.89. The van der Waals surface area contributed by atoms with Gasteiger partial charge in [0.1, 0.15) is 0 Å². The fourth-order valence-electron chi connectivity index (χ4n) is 3.34. The molecule has 32 heavy (non-hydrogen) atoms. The number of hydrogen-bond acceptors (Lipinski definition) is 5. The largest absolute Gasteiger partial charge is 0.325 e. The van der Waals surface area contributed by atoms with Gasteiger partial charge >= 0.3 is 0 Å². The highest BCUT2D eigenvalue weighted by molar-refractivity contribution is 8.00. The summed E-state index contributed by atoms with van der Waals surface area (Å²) in [5.41, 5.74) is 3.07. The van der Waals surface area contributed by atoms with Crippen molar-refractivity contribution >= 4 is 34.3 Å². The molecule has 3 aromatic carbocycles. The van der Waals surface area contributed by atoms with Crippen LogP contribution in [0.15, 0.2) is 82.7 Å². The second-order valence-electron chi connectivity index (χ2n) is 7.28. The zero-order chi connectivity index (χ0) is 22.7. The van der Waals surface area contributed by atoms with Crippen LogP contribution >= 0.6 is 11.8 Å². The standard InChI is InChI=1S/C25H20N4O2S/c1-16-8-3-6-13-22(16)29-24(31)20-11-4-5-12-21(20)28-25(29)32-17(2)23(30)27-19-10-7-9-18(14-19)15-26/h3-14,17H,1-2H3,(H,27,30). The Morgan fingerprint density at radius 2 is 1.84 bits per heavy atom. The van der Waals surface area contributed by atoms with Crippen molar-refractivity contribution in [3.63, 3.8) is 0 Å². The smallest absolute Gasteiger partial charge is 0.266 e. The first-order valence-electron chi connectivity index (χ1n) is 10.0. The number of carbonyl (C=O) groups is 1. The van der Waals surface area contributed by atoms with Crippen molar-refractivity contribution in [1.29, 1.82) is 5.26 Å². The Bertz CT molecular complexity index is 1420. The third-order valence-electron chi connectivity index (χ3n) is 5.01. The number of nitrogens with zero attached hydrogens (tertiary/aromatic N) is 3. The first kappa shape index (κ1) is 21.3. The van der Waals surface area contributed by atoms with E-state index in [1.807, 2.05) is 43.3 Å². The van der Waals surface area contributed by atoms with Crippen LogP contribution in [0.2, 0.25) is 0 Å². The molecule has 1 heterocycles. The number of aryl methyl sites for hydroxylation is 1. The summed E-state index contributed by atoms with van der Waals surface area (Å²) in [5, 5.41) is 12.3. The number of nitriles is 1. The summed E-state index contributed by atoms with van der Waals surface area (Å²) in [7, 11) is 0. The van der Waals surface area contributed by atoms with Crippen molar-refractivity contribution in [2.45, 2.75) is 24.3 Å². The molecule has 0 saturated carbocycles. The minimum Gasteiger partial charge on any atom is -0.325 e. The molecule has 4 rings (SSSR count). The molecule has 1 atom stereocenters. The van der Waals surface area contributed by atoms with Crippen molar-refractivity contribution in [2.75, 3.05) is 5.32 Å². The SMILES string of the molecule is Cc1ccccc1-n1c(SC(C)C(=O)Nc2cccc(C#N)c2)nc2ccccc2c1=O. The number of aromatic nitrogens is 2. The summed E-state index contributed by atoms with van der Waals surface area (Å²) < 4.78 is 1.57. The molecular weight excluding hydrogens is 420 g/mol. The van der Waals surface area contributed by atoms with E-state index < -0.39 is 5.25 Å². The van der Waals surface area contributed by atoms with E-state index in [2.05, 4.69) is 11.4 Å². The monoisotopic (exact) mass is 440 g/mol. The highest BCUT2D eigenvalue weighted by Crippen LogP contribution is 2.27. The summed E-state index contributed by atoms with van der Waals surface area (Å²) in [6, 6.07) is 23.6. The van der Waals surface area contributed by atoms with E-state index in [1.54, 1.807) is 47.9 Å². The second kappa shape index (κ2) is 9.08. The zero-order valence-corrected chi connectivity index (χ0v) is 18.4. The average molecular weight is 441 g/mol. The molecule has 0 spiro atoms. The fraction of sp³-hybridized carbons (Fsp3) is 0.120. The number of hydrogen-bond donors (Lipinski definition) is 1. The summed E-state index contributed by atoms with van der Waals surface area (Å²) >= 11 is 1.21. The Kier molecular flexibility index (Phi) is 6.06. The van der Waals surface area contributed by atoms with Gasteiger partial charge in [0.05, 0.1) is 33.5 Å². The van der Waals surface area contributed by atoms with E-state index in [9.17, 15) is 9.59 Å². The Morgan fingerprint density at radius 3 is 2.62 bits per heavy atom. The first-order valence-corrected chi connectivity index (χ1v) is 10.9. The Labute approximate surface area is 189 Å². The molecule has 1 N–H and O–H groups in total. The van der Waals surface area contributed by atoms with Gasteiger partial charge in [-0.25, -0.2) is 4.98 Å². The molecule has 0 aliphatic carbocycles. The molecular formula is C25H20N4O2S. The average Bonchev–Trinajstić information content (AvgIpc) is 2.80. The summed E-state index contributed by atoms with van der Waals surface area (Å²) in [6.07, 6.45) is 0. The van der Waals surface area contributed by atoms with Gasteiger partial charge in [-0.2, -0.15) is 5.26 Å². The van der Waals surface area contributed by atoms with E-state index >= 15 is 0 Å². The highest BCUT2D eigenvalue weighted by Gasteiger charge is 2.21. The van der Waals surface area contributed by atoms with Crippen LogP contribution in [-0.4, -0.2) is 20.7 Å². The molecule has 0 aliphatic heterocycles. The van der Waals surface area contributed by atoms with Gasteiger partial charge in [-0.15, -0.1) is 0 Å². The van der Waals surface area contributed by atoms with Crippen LogP contribution in [-0.2, 0) is 4.79 Å². The molecule has 7 heteroatoms. The van der Waals surface area contributed by atoms with Gasteiger partial charge in [-0.05, 0) is 55.8 Å². The fourth-order valence-corrected chi connectivity index (χ4v) is 4.26. The number of thioether (sulfide) groups is 1. The van der Waals surface area contributed by atoms with E-state index in [0.29, 0.717) is 27.3 Å². The van der Waals surface area contributed by atoms with Crippen LogP contribution < -0.4 is 10.9 Å². The molecule has 0 aliphatic rings. The van der Waals surface area contributed by atoms with Gasteiger partial charge in [-0.1, -0.05) is 48.2 Å². The quantitative estimate of drug-likeness (QED) is 0.359. The van der Waals surface area contributed by atoms with Crippen molar-refractivity contribution in [1.82, 2.24) is 9.55 Å². The maximum Gasteiger partial charge on any atom is 0.266 e. The van der Waals surface area contributed by atoms with Crippen molar-refractivity contribution < 1.29 is 4.79 Å². The van der Waals surface area contributed by atoms with Gasteiger partial charge in [-0.3, -0.25) is 14.2 Å². The predicted octanol–water partition coefficient (Wildman–Crippen LogP) is 4.69. The van der Waals surface area contributed by atoms with Gasteiger partial charge in [0.15, 0.2) is 5.16 Å². The number of nitrogens with one attached hydrogen (secondary N) is 1. The van der Waals surface area contributed by atoms with E-state index in [0.717, 1.165) is 11.3 Å². The molecule has 158 valence electrons. The van der Waals surface area contributed by atoms with Gasteiger partial charge in [0.25, 0.3) is 5.56 Å². The van der Waals surface area contributed by atoms with Crippen LogP contribution in [0.1, 0.15) is 18.1 Å². The van der Waals surface area contributed by atoms with Gasteiger partial charge in [0, 0.05) is 5.69 Å². The summed E-state index contributed by atoms with van der Waals surface area (Å²) in [4.78, 5) is 31.0. The lowest BCUT2D eigenvalue weighted by molar-refractivity contribution is -0.115. The molecule has 0 fully saturated rings. The number of carbonyl (C=O) groups excluding carboxylic acids is 1. The van der Waals surface area contributed by atoms with Crippen molar-refractivity contribution in [3.05, 3.63) is 94.3 Å². The van der Waals surface area contributed by atoms with Gasteiger partial charge in [0.2, 0.25) is 5.91 Å². The highest BCUT2D eigenvalue weighted by atomic mass is 32.2. The second-order valence-corrected chi connectivity index (χ2v) is 8.59. The summed E-state index contributed by atoms with van der Waals surface area (Å²) in [6.45, 7) is 3.70. The summed E-state index contributed by atoms with van der Waals surface area (Å²) in [5.74, 6) is -0.246. The van der Waals surface area contributed by atoms with Crippen LogP contribution in [0.25, 0.3) is 16.6 Å². The van der Waals surface area contributed by atoms with Crippen LogP contribution in [0.5, 0.6) is 0 Å². The minimum absolute atomic E-state index is 0.179. The molecule has 1 unspecified atom stereocenters. The van der Waals surface area contributed by atoms with Crippen LogP contribution in [0.3, 0.4) is 0 Å². The van der Waals surface area contributed by atoms with Gasteiger partial charge < -0.3 is 5.32 Å². The lowest BCUT2D eigenvalue weighted by Crippen LogP contribution is -2.26.